The third-order valence-electron chi connectivity index (χ3n) is 7.96. The molecule has 3 unspecified atom stereocenters. The lowest BCUT2D eigenvalue weighted by atomic mass is 9.95. The van der Waals surface area contributed by atoms with Gasteiger partial charge in [-0.15, -0.1) is 0 Å². The zero-order valence-electron chi connectivity index (χ0n) is 28.8. The molecule has 3 aromatic carbocycles. The number of phenolic OH excluding ortho intramolecular Hbond substituents is 1. The number of benzene rings is 3. The molecule has 3 rings (SSSR count). The van der Waals surface area contributed by atoms with Crippen molar-refractivity contribution in [3.8, 4) is 5.75 Å². The second kappa shape index (κ2) is 15.8. The summed E-state index contributed by atoms with van der Waals surface area (Å²) in [4.78, 5) is 44.2. The van der Waals surface area contributed by atoms with Crippen molar-refractivity contribution in [2.24, 2.45) is 5.92 Å². The monoisotopic (exact) mass is 629 g/mol. The fourth-order valence-corrected chi connectivity index (χ4v) is 5.48. The summed E-state index contributed by atoms with van der Waals surface area (Å²) < 4.78 is 5.57. The second-order valence-corrected chi connectivity index (χ2v) is 13.7. The Kier molecular flexibility index (Phi) is 12.4. The van der Waals surface area contributed by atoms with Gasteiger partial charge in [0, 0.05) is 18.2 Å². The minimum absolute atomic E-state index is 0.0944. The van der Waals surface area contributed by atoms with Gasteiger partial charge in [-0.25, -0.2) is 4.79 Å². The summed E-state index contributed by atoms with van der Waals surface area (Å²) in [5, 5.41) is 16.3. The van der Waals surface area contributed by atoms with Gasteiger partial charge in [0.05, 0.1) is 0 Å². The maximum atomic E-state index is 14.9. The van der Waals surface area contributed by atoms with Crippen LogP contribution in [0, 0.1) is 26.7 Å². The molecule has 0 aliphatic heterocycles. The van der Waals surface area contributed by atoms with Crippen LogP contribution in [-0.4, -0.2) is 45.6 Å². The largest absolute Gasteiger partial charge is 0.508 e. The summed E-state index contributed by atoms with van der Waals surface area (Å²) in [5.41, 5.74) is 3.69. The van der Waals surface area contributed by atoms with E-state index < -0.39 is 29.7 Å². The van der Waals surface area contributed by atoms with Gasteiger partial charge in [0.25, 0.3) is 5.91 Å². The third-order valence-corrected chi connectivity index (χ3v) is 7.96. The maximum absolute atomic E-state index is 14.9. The molecule has 0 aliphatic carbocycles. The molecule has 0 heterocycles. The molecule has 0 fully saturated rings. The Bertz CT molecular complexity index is 1480. The minimum Gasteiger partial charge on any atom is -0.508 e. The van der Waals surface area contributed by atoms with E-state index in [2.05, 4.69) is 24.5 Å². The van der Waals surface area contributed by atoms with Crippen LogP contribution in [0.15, 0.2) is 66.7 Å². The highest BCUT2D eigenvalue weighted by atomic mass is 16.6. The summed E-state index contributed by atoms with van der Waals surface area (Å²) in [6, 6.07) is 17.8. The number of aromatic hydroxyl groups is 1. The van der Waals surface area contributed by atoms with Crippen LogP contribution >= 0.6 is 0 Å². The first-order chi connectivity index (χ1) is 21.6. The Balaban J connectivity index is 2.19. The van der Waals surface area contributed by atoms with Crippen LogP contribution in [0.2, 0.25) is 0 Å². The summed E-state index contributed by atoms with van der Waals surface area (Å²) in [7, 11) is 0. The van der Waals surface area contributed by atoms with Crippen LogP contribution in [0.3, 0.4) is 0 Å². The van der Waals surface area contributed by atoms with Crippen LogP contribution in [0.4, 0.5) is 10.5 Å². The topological polar surface area (TPSA) is 108 Å². The molecule has 3 aromatic rings. The number of nitrogens with one attached hydrogen (secondary N) is 2. The van der Waals surface area contributed by atoms with Crippen molar-refractivity contribution in [1.82, 2.24) is 10.2 Å². The molecule has 3 atom stereocenters. The number of carbonyl (C=O) groups excluding carboxylic acids is 3. The van der Waals surface area contributed by atoms with Crippen molar-refractivity contribution < 1.29 is 24.2 Å². The number of alkyl carbamates (subject to hydrolysis) is 1. The Morgan fingerprint density at radius 2 is 1.48 bits per heavy atom. The normalized spacial score (nSPS) is 13.4. The Labute approximate surface area is 274 Å². The van der Waals surface area contributed by atoms with Crippen molar-refractivity contribution in [2.75, 3.05) is 5.32 Å². The van der Waals surface area contributed by atoms with Crippen LogP contribution in [-0.2, 0) is 20.7 Å². The van der Waals surface area contributed by atoms with Crippen LogP contribution < -0.4 is 10.6 Å². The van der Waals surface area contributed by atoms with Crippen molar-refractivity contribution >= 4 is 23.6 Å². The zero-order chi connectivity index (χ0) is 34.2. The molecule has 3 N–H and O–H groups in total. The van der Waals surface area contributed by atoms with Gasteiger partial charge in [-0.1, -0.05) is 68.4 Å². The van der Waals surface area contributed by atoms with E-state index in [0.29, 0.717) is 29.2 Å². The molecule has 3 amide bonds. The number of nitrogens with zero attached hydrogens (tertiary/aromatic N) is 1. The second-order valence-electron chi connectivity index (χ2n) is 13.7. The molecule has 46 heavy (non-hydrogen) atoms. The van der Waals surface area contributed by atoms with E-state index in [4.69, 9.17) is 4.74 Å². The van der Waals surface area contributed by atoms with E-state index in [0.717, 1.165) is 23.1 Å². The lowest BCUT2D eigenvalue weighted by molar-refractivity contribution is -0.143. The number of amides is 3. The Morgan fingerprint density at radius 3 is 2.04 bits per heavy atom. The Morgan fingerprint density at radius 1 is 0.848 bits per heavy atom. The number of para-hydroxylation sites is 1. The number of carbonyl (C=O) groups is 3. The van der Waals surface area contributed by atoms with Gasteiger partial charge in [-0.3, -0.25) is 9.59 Å². The molecular formula is C38H51N3O5. The first-order valence-corrected chi connectivity index (χ1v) is 16.1. The maximum Gasteiger partial charge on any atom is 0.408 e. The van der Waals surface area contributed by atoms with Gasteiger partial charge in [0.1, 0.15) is 23.4 Å². The molecule has 0 saturated heterocycles. The van der Waals surface area contributed by atoms with Gasteiger partial charge in [0.2, 0.25) is 5.91 Å². The zero-order valence-corrected chi connectivity index (χ0v) is 28.8. The average molecular weight is 630 g/mol. The molecule has 0 aliphatic rings. The summed E-state index contributed by atoms with van der Waals surface area (Å²) in [6.07, 6.45) is 0.950. The van der Waals surface area contributed by atoms with Gasteiger partial charge in [0.15, 0.2) is 0 Å². The highest BCUT2D eigenvalue weighted by Gasteiger charge is 2.39. The number of aryl methyl sites for hydroxylation is 3. The molecule has 0 aromatic heterocycles. The standard InChI is InChI=1S/C38H51N3O5/c1-24(2)18-19-28(6)41(36(44)31(23-29-16-11-10-12-17-29)39-37(45)46-38(7,8)9)34(30-20-21-32(42)27(5)22-30)35(43)40-33-25(3)14-13-15-26(33)4/h10-17,20-22,24,28,31,34,42H,18-19,23H2,1-9H3,(H,39,45)(H,40,43). The first kappa shape index (κ1) is 36.1. The van der Waals surface area contributed by atoms with Crippen LogP contribution in [0.5, 0.6) is 5.75 Å². The van der Waals surface area contributed by atoms with Crippen LogP contribution in [0.1, 0.15) is 88.2 Å². The molecule has 248 valence electrons. The van der Waals surface area contributed by atoms with E-state index in [9.17, 15) is 19.5 Å². The quantitative estimate of drug-likeness (QED) is 0.190. The smallest absolute Gasteiger partial charge is 0.408 e. The predicted molar refractivity (Wildman–Crippen MR) is 184 cm³/mol. The number of ether oxygens (including phenoxy) is 1. The summed E-state index contributed by atoms with van der Waals surface area (Å²) in [5.74, 6) is -0.324. The molecular weight excluding hydrogens is 578 g/mol. The first-order valence-electron chi connectivity index (χ1n) is 16.1. The van der Waals surface area contributed by atoms with E-state index in [1.54, 1.807) is 50.8 Å². The van der Waals surface area contributed by atoms with Gasteiger partial charge >= 0.3 is 6.09 Å². The fourth-order valence-electron chi connectivity index (χ4n) is 5.48. The van der Waals surface area contributed by atoms with Gasteiger partial charge in [-0.2, -0.15) is 0 Å². The van der Waals surface area contributed by atoms with E-state index >= 15 is 0 Å². The average Bonchev–Trinajstić information content (AvgIpc) is 2.97. The SMILES string of the molecule is Cc1cc(C(C(=O)Nc2c(C)cccc2C)N(C(=O)C(Cc2ccccc2)NC(=O)OC(C)(C)C)C(C)CCC(C)C)ccc1O. The van der Waals surface area contributed by atoms with Crippen molar-refractivity contribution in [2.45, 2.75) is 105 Å². The number of rotatable bonds is 12. The number of hydrogen-bond donors (Lipinski definition) is 3. The van der Waals surface area contributed by atoms with E-state index in [-0.39, 0.29) is 24.1 Å². The fraction of sp³-hybridized carbons (Fsp3) is 0.447. The van der Waals surface area contributed by atoms with Gasteiger partial charge in [-0.05, 0) is 107 Å². The molecule has 0 bridgehead atoms. The van der Waals surface area contributed by atoms with Crippen molar-refractivity contribution in [3.05, 3.63) is 94.5 Å². The molecule has 0 saturated carbocycles. The summed E-state index contributed by atoms with van der Waals surface area (Å²) in [6.45, 7) is 17.1. The molecule has 8 nitrogen and oxygen atoms in total. The highest BCUT2D eigenvalue weighted by Crippen LogP contribution is 2.32. The van der Waals surface area contributed by atoms with Crippen molar-refractivity contribution in [3.63, 3.8) is 0 Å². The molecule has 0 radical (unpaired) electrons. The third kappa shape index (κ3) is 10.1. The van der Waals surface area contributed by atoms with Gasteiger partial charge < -0.3 is 25.4 Å². The van der Waals surface area contributed by atoms with Crippen LogP contribution in [0.25, 0.3) is 0 Å². The number of hydrogen-bond acceptors (Lipinski definition) is 5. The van der Waals surface area contributed by atoms with E-state index in [1.807, 2.05) is 69.3 Å². The lowest BCUT2D eigenvalue weighted by Crippen LogP contribution is -2.55. The van der Waals surface area contributed by atoms with Crippen molar-refractivity contribution in [1.29, 1.82) is 0 Å². The van der Waals surface area contributed by atoms with E-state index in [1.165, 1.54) is 0 Å². The number of anilines is 1. The predicted octanol–water partition coefficient (Wildman–Crippen LogP) is 7.79. The Hall–Kier alpha value is -4.33. The molecule has 8 heteroatoms. The number of phenols is 1. The highest BCUT2D eigenvalue weighted by molar-refractivity contribution is 6.00. The molecule has 0 spiro atoms. The summed E-state index contributed by atoms with van der Waals surface area (Å²) >= 11 is 0. The minimum atomic E-state index is -1.06. The lowest BCUT2D eigenvalue weighted by Gasteiger charge is -2.39.